The molecular weight excluding hydrogens is 750 g/mol. The first-order valence-electron chi connectivity index (χ1n) is 16.9. The molecule has 0 spiro atoms. The summed E-state index contributed by atoms with van der Waals surface area (Å²) in [5.41, 5.74) is 5.83. The van der Waals surface area contributed by atoms with Crippen molar-refractivity contribution in [1.29, 1.82) is 0 Å². The number of hydrogen-bond acceptors (Lipinski definition) is 11. The lowest BCUT2D eigenvalue weighted by molar-refractivity contribution is -0.203. The molecule has 1 fully saturated rings. The van der Waals surface area contributed by atoms with E-state index in [0.29, 0.717) is 10.8 Å². The lowest BCUT2D eigenvalue weighted by Gasteiger charge is -2.33. The summed E-state index contributed by atoms with van der Waals surface area (Å²) in [6.07, 6.45) is -4.50. The summed E-state index contributed by atoms with van der Waals surface area (Å²) < 4.78 is 93.0. The van der Waals surface area contributed by atoms with E-state index in [1.54, 1.807) is 31.2 Å². The zero-order chi connectivity index (χ0) is 40.4. The Balaban J connectivity index is 1.72. The highest BCUT2D eigenvalue weighted by Gasteiger charge is 2.50. The van der Waals surface area contributed by atoms with Gasteiger partial charge in [0.1, 0.15) is 23.4 Å². The maximum atomic E-state index is 15.9. The van der Waals surface area contributed by atoms with Gasteiger partial charge in [-0.2, -0.15) is 13.2 Å². The highest BCUT2D eigenvalue weighted by molar-refractivity contribution is 7.92. The van der Waals surface area contributed by atoms with Gasteiger partial charge in [-0.3, -0.25) is 14.4 Å². The minimum absolute atomic E-state index is 0.0260. The Hall–Kier alpha value is -5.78. The molecule has 0 radical (unpaired) electrons. The number of anilines is 3. The third-order valence-corrected chi connectivity index (χ3v) is 11.2. The van der Waals surface area contributed by atoms with Gasteiger partial charge in [0.05, 0.1) is 28.7 Å². The van der Waals surface area contributed by atoms with Crippen molar-refractivity contribution in [2.45, 2.75) is 62.5 Å². The predicted molar refractivity (Wildman–Crippen MR) is 193 cm³/mol. The summed E-state index contributed by atoms with van der Waals surface area (Å²) in [5, 5.41) is 5.63. The van der Waals surface area contributed by atoms with Gasteiger partial charge in [0.15, 0.2) is 9.84 Å². The molecule has 3 atom stereocenters. The van der Waals surface area contributed by atoms with Gasteiger partial charge < -0.3 is 30.7 Å². The molecule has 292 valence electrons. The van der Waals surface area contributed by atoms with Crippen LogP contribution < -0.4 is 21.1 Å². The number of nitrogens with two attached hydrogens (primary N) is 1. The van der Waals surface area contributed by atoms with Gasteiger partial charge in [-0.25, -0.2) is 22.6 Å². The Morgan fingerprint density at radius 2 is 1.73 bits per heavy atom. The number of hydrogen-bond donors (Lipinski definition) is 3. The second-order valence-corrected chi connectivity index (χ2v) is 15.4. The number of fused-ring (bicyclic) bond motifs is 1. The number of carbonyl (C=O) groups excluding carboxylic acids is 4. The van der Waals surface area contributed by atoms with Crippen molar-refractivity contribution in [3.63, 3.8) is 0 Å². The van der Waals surface area contributed by atoms with Crippen molar-refractivity contribution in [2.75, 3.05) is 29.5 Å². The van der Waals surface area contributed by atoms with Gasteiger partial charge >= 0.3 is 18.1 Å². The molecule has 4 N–H and O–H groups in total. The van der Waals surface area contributed by atoms with E-state index < -0.39 is 80.2 Å². The van der Waals surface area contributed by atoms with Gasteiger partial charge in [0, 0.05) is 42.0 Å². The van der Waals surface area contributed by atoms with Crippen molar-refractivity contribution >= 4 is 61.6 Å². The molecule has 5 rings (SSSR count). The molecule has 2 amide bonds. The first-order valence-corrected chi connectivity index (χ1v) is 18.5. The number of benzene rings is 3. The number of ether oxygens (including phenoxy) is 2. The first-order chi connectivity index (χ1) is 25.8. The topological polar surface area (TPSA) is 187 Å². The summed E-state index contributed by atoms with van der Waals surface area (Å²) in [6, 6.07) is 10.4. The highest BCUT2D eigenvalue weighted by Crippen LogP contribution is 2.44. The zero-order valence-corrected chi connectivity index (χ0v) is 30.8. The Bertz CT molecular complexity index is 2270. The first kappa shape index (κ1) is 40.4. The summed E-state index contributed by atoms with van der Waals surface area (Å²) in [7, 11) is -4.26. The minimum atomic E-state index is -5.56. The van der Waals surface area contributed by atoms with Crippen LogP contribution in [0.25, 0.3) is 10.8 Å². The van der Waals surface area contributed by atoms with E-state index in [0.717, 1.165) is 17.0 Å². The van der Waals surface area contributed by atoms with Crippen LogP contribution in [0.15, 0.2) is 71.8 Å². The number of pyridine rings is 1. The van der Waals surface area contributed by atoms with Crippen LogP contribution in [0.1, 0.15) is 57.3 Å². The van der Waals surface area contributed by atoms with E-state index >= 15 is 4.39 Å². The minimum Gasteiger partial charge on any atom is -0.494 e. The molecule has 2 heterocycles. The summed E-state index contributed by atoms with van der Waals surface area (Å²) >= 11 is 0. The number of carbonyl (C=O) groups is 4. The molecule has 1 saturated heterocycles. The zero-order valence-electron chi connectivity index (χ0n) is 29.9. The Labute approximate surface area is 313 Å². The molecule has 0 aliphatic carbocycles. The maximum absolute atomic E-state index is 15.9. The predicted octanol–water partition coefficient (Wildman–Crippen LogP) is 5.87. The van der Waals surface area contributed by atoms with Crippen molar-refractivity contribution in [3.8, 4) is 5.75 Å². The number of nitrogens with one attached hydrogen (secondary N) is 2. The molecule has 0 saturated carbocycles. The van der Waals surface area contributed by atoms with Crippen LogP contribution in [0.4, 0.5) is 34.8 Å². The van der Waals surface area contributed by atoms with Gasteiger partial charge in [0.25, 0.3) is 0 Å². The number of amides is 2. The quantitative estimate of drug-likeness (QED) is 0.0938. The highest BCUT2D eigenvalue weighted by atomic mass is 32.2. The van der Waals surface area contributed by atoms with Crippen LogP contribution in [0.2, 0.25) is 0 Å². The normalized spacial score (nSPS) is 16.5. The van der Waals surface area contributed by atoms with Crippen LogP contribution in [-0.4, -0.2) is 66.6 Å². The van der Waals surface area contributed by atoms with E-state index in [1.165, 1.54) is 51.2 Å². The Morgan fingerprint density at radius 1 is 1.02 bits per heavy atom. The lowest BCUT2D eigenvalue weighted by atomic mass is 9.92. The average molecular weight is 788 g/mol. The monoisotopic (exact) mass is 787 g/mol. The standard InChI is InChI=1S/C37H37F4N5O8S/c1-5-53-24-8-10-29(38)27(18-24)31(45-22-6-9-25-21(16-22)12-14-43-33(25)42)34(48)46-15-13-26(35(49)54-36(50)37(39,40)41)32(46)28-17-23(44-20(4)47)7-11-30(28)55(51,52)19(2)3/h6-12,14,16-19,26,31-32,45H,5,13,15H2,1-4H3,(H2,42,43)(H,44,47)/t26?,31-,32?/m0/s1. The smallest absolute Gasteiger partial charge is 0.491 e. The number of sulfone groups is 1. The van der Waals surface area contributed by atoms with Gasteiger partial charge in [-0.15, -0.1) is 0 Å². The van der Waals surface area contributed by atoms with Gasteiger partial charge in [-0.05, 0) is 98.8 Å². The number of alkyl halides is 3. The van der Waals surface area contributed by atoms with E-state index in [2.05, 4.69) is 20.4 Å². The fourth-order valence-electron chi connectivity index (χ4n) is 6.37. The Kier molecular flexibility index (Phi) is 11.7. The van der Waals surface area contributed by atoms with Crippen LogP contribution >= 0.6 is 0 Å². The van der Waals surface area contributed by atoms with Gasteiger partial charge in [0.2, 0.25) is 11.8 Å². The molecule has 1 aliphatic heterocycles. The third kappa shape index (κ3) is 8.64. The number of likely N-dealkylation sites (tertiary alicyclic amines) is 1. The van der Waals surface area contributed by atoms with Crippen molar-refractivity contribution < 1.29 is 54.6 Å². The van der Waals surface area contributed by atoms with Crippen LogP contribution in [-0.2, 0) is 33.8 Å². The number of nitrogen functional groups attached to an aromatic ring is 1. The van der Waals surface area contributed by atoms with Crippen LogP contribution in [0, 0.1) is 11.7 Å². The molecule has 1 aliphatic rings. The third-order valence-electron chi connectivity index (χ3n) is 8.93. The number of aromatic nitrogens is 1. The van der Waals surface area contributed by atoms with E-state index in [4.69, 9.17) is 10.5 Å². The molecule has 18 heteroatoms. The van der Waals surface area contributed by atoms with E-state index in [1.807, 2.05) is 0 Å². The molecule has 13 nitrogen and oxygen atoms in total. The fraction of sp³-hybridized carbons (Fsp3) is 0.324. The molecule has 4 aromatic rings. The van der Waals surface area contributed by atoms with Crippen molar-refractivity contribution in [1.82, 2.24) is 9.88 Å². The SMILES string of the molecule is CCOc1ccc(F)c([C@H](Nc2ccc3c(N)nccc3c2)C(=O)N2CCC(C(=O)OC(=O)C(F)(F)F)C2c2cc(NC(C)=O)ccc2S(=O)(=O)C(C)C)c1. The number of esters is 2. The fourth-order valence-corrected chi connectivity index (χ4v) is 7.64. The second-order valence-electron chi connectivity index (χ2n) is 12.9. The summed E-state index contributed by atoms with van der Waals surface area (Å²) in [5.74, 6) is -8.20. The Morgan fingerprint density at radius 3 is 2.38 bits per heavy atom. The van der Waals surface area contributed by atoms with Crippen molar-refractivity contribution in [2.24, 2.45) is 5.92 Å². The van der Waals surface area contributed by atoms with Gasteiger partial charge in [-0.1, -0.05) is 0 Å². The second kappa shape index (κ2) is 15.9. The number of rotatable bonds is 11. The molecule has 1 aromatic heterocycles. The molecule has 2 unspecified atom stereocenters. The lowest BCUT2D eigenvalue weighted by Crippen LogP contribution is -2.41. The van der Waals surface area contributed by atoms with E-state index in [9.17, 15) is 40.8 Å². The number of nitrogens with zero attached hydrogens (tertiary/aromatic N) is 2. The molecule has 3 aromatic carbocycles. The summed E-state index contributed by atoms with van der Waals surface area (Å²) in [4.78, 5) is 57.0. The largest absolute Gasteiger partial charge is 0.494 e. The van der Waals surface area contributed by atoms with Crippen molar-refractivity contribution in [3.05, 3.63) is 83.8 Å². The average Bonchev–Trinajstić information content (AvgIpc) is 3.56. The maximum Gasteiger partial charge on any atom is 0.491 e. The summed E-state index contributed by atoms with van der Waals surface area (Å²) in [6.45, 7) is 5.39. The van der Waals surface area contributed by atoms with Crippen LogP contribution in [0.3, 0.4) is 0 Å². The molecular formula is C37H37F4N5O8S. The molecule has 0 bridgehead atoms. The van der Waals surface area contributed by atoms with E-state index in [-0.39, 0.29) is 47.2 Å². The number of halogens is 4. The molecule has 55 heavy (non-hydrogen) atoms. The van der Waals surface area contributed by atoms with Crippen LogP contribution in [0.5, 0.6) is 5.75 Å².